The molecule has 0 spiro atoms. The number of hydrogen-bond donors (Lipinski definition) is 2. The van der Waals surface area contributed by atoms with E-state index in [1.54, 1.807) is 6.07 Å². The fourth-order valence-electron chi connectivity index (χ4n) is 1.42. The van der Waals surface area contributed by atoms with Crippen LogP contribution in [0.4, 0.5) is 5.69 Å². The fraction of sp³-hybridized carbons (Fsp3) is 0.0769. The Balaban J connectivity index is 3.07. The van der Waals surface area contributed by atoms with Gasteiger partial charge in [-0.05, 0) is 12.2 Å². The van der Waals surface area contributed by atoms with Gasteiger partial charge in [0.2, 0.25) is 11.8 Å². The van der Waals surface area contributed by atoms with Gasteiger partial charge in [0, 0.05) is 17.7 Å². The number of nitrogens with zero attached hydrogens (tertiary/aromatic N) is 1. The molecule has 0 bridgehead atoms. The predicted octanol–water partition coefficient (Wildman–Crippen LogP) is 1.20. The molecule has 0 aromatic heterocycles. The van der Waals surface area contributed by atoms with E-state index in [2.05, 4.69) is 23.8 Å². The van der Waals surface area contributed by atoms with Gasteiger partial charge >= 0.3 is 0 Å². The number of amides is 2. The third-order valence-electron chi connectivity index (χ3n) is 2.36. The van der Waals surface area contributed by atoms with Gasteiger partial charge in [0.1, 0.15) is 6.17 Å². The van der Waals surface area contributed by atoms with Gasteiger partial charge in [-0.15, -0.1) is 0 Å². The molecule has 2 N–H and O–H groups in total. The summed E-state index contributed by atoms with van der Waals surface area (Å²) < 4.78 is 0. The third kappa shape index (κ3) is 4.05. The third-order valence-corrected chi connectivity index (χ3v) is 2.36. The molecule has 7 heteroatoms. The second-order valence-electron chi connectivity index (χ2n) is 3.71. The summed E-state index contributed by atoms with van der Waals surface area (Å²) in [4.78, 5) is 32.9. The van der Waals surface area contributed by atoms with Gasteiger partial charge in [0.05, 0.1) is 4.92 Å². The molecule has 7 nitrogen and oxygen atoms in total. The van der Waals surface area contributed by atoms with Crippen molar-refractivity contribution in [3.8, 4) is 0 Å². The summed E-state index contributed by atoms with van der Waals surface area (Å²) in [5.41, 5.74) is 0.220. The lowest BCUT2D eigenvalue weighted by Gasteiger charge is -2.19. The molecule has 0 aliphatic heterocycles. The van der Waals surface area contributed by atoms with Crippen molar-refractivity contribution in [1.82, 2.24) is 10.6 Å². The van der Waals surface area contributed by atoms with Gasteiger partial charge < -0.3 is 10.6 Å². The van der Waals surface area contributed by atoms with Crippen LogP contribution in [0.1, 0.15) is 11.7 Å². The largest absolute Gasteiger partial charge is 0.328 e. The van der Waals surface area contributed by atoms with Gasteiger partial charge in [-0.25, -0.2) is 0 Å². The molecule has 1 aromatic carbocycles. The molecule has 0 aliphatic carbocycles. The number of nitrogens with one attached hydrogen (secondary N) is 2. The number of benzene rings is 1. The average Bonchev–Trinajstić information content (AvgIpc) is 2.46. The molecule has 2 amide bonds. The van der Waals surface area contributed by atoms with E-state index in [9.17, 15) is 19.7 Å². The van der Waals surface area contributed by atoms with Crippen molar-refractivity contribution < 1.29 is 14.5 Å². The van der Waals surface area contributed by atoms with Crippen molar-refractivity contribution >= 4 is 17.5 Å². The van der Waals surface area contributed by atoms with Gasteiger partial charge in [0.15, 0.2) is 0 Å². The maximum atomic E-state index is 11.3. The van der Waals surface area contributed by atoms with Gasteiger partial charge in [-0.1, -0.05) is 25.3 Å². The van der Waals surface area contributed by atoms with Crippen molar-refractivity contribution in [1.29, 1.82) is 0 Å². The van der Waals surface area contributed by atoms with E-state index in [1.807, 2.05) is 0 Å². The van der Waals surface area contributed by atoms with Crippen LogP contribution in [0.2, 0.25) is 0 Å². The van der Waals surface area contributed by atoms with Crippen LogP contribution in [-0.4, -0.2) is 16.7 Å². The van der Waals surface area contributed by atoms with Gasteiger partial charge in [-0.3, -0.25) is 19.7 Å². The topological polar surface area (TPSA) is 101 Å². The standard InChI is InChI=1S/C13H13N3O4/c1-3-11(17)14-13(15-12(18)4-2)9-6-5-7-10(8-9)16(19)20/h3-8,13H,1-2H2,(H,14,17)(H,15,18). The van der Waals surface area contributed by atoms with Crippen molar-refractivity contribution in [3.63, 3.8) is 0 Å². The second-order valence-corrected chi connectivity index (χ2v) is 3.71. The number of rotatable bonds is 6. The van der Waals surface area contributed by atoms with Crippen molar-refractivity contribution in [3.05, 3.63) is 65.3 Å². The Hall–Kier alpha value is -2.96. The van der Waals surface area contributed by atoms with Crippen molar-refractivity contribution in [2.75, 3.05) is 0 Å². The highest BCUT2D eigenvalue weighted by atomic mass is 16.6. The maximum absolute atomic E-state index is 11.3. The highest BCUT2D eigenvalue weighted by Crippen LogP contribution is 2.17. The van der Waals surface area contributed by atoms with E-state index in [-0.39, 0.29) is 5.69 Å². The lowest BCUT2D eigenvalue weighted by molar-refractivity contribution is -0.384. The first-order chi connectivity index (χ1) is 9.47. The Morgan fingerprint density at radius 3 is 2.20 bits per heavy atom. The monoisotopic (exact) mass is 275 g/mol. The van der Waals surface area contributed by atoms with E-state index in [1.165, 1.54) is 18.2 Å². The zero-order valence-corrected chi connectivity index (χ0v) is 10.5. The molecular weight excluding hydrogens is 262 g/mol. The molecular formula is C13H13N3O4. The Morgan fingerprint density at radius 1 is 1.20 bits per heavy atom. The van der Waals surface area contributed by atoms with Crippen LogP contribution in [0.25, 0.3) is 0 Å². The first-order valence-corrected chi connectivity index (χ1v) is 5.58. The molecule has 0 atom stereocenters. The molecule has 104 valence electrons. The minimum Gasteiger partial charge on any atom is -0.328 e. The predicted molar refractivity (Wildman–Crippen MR) is 72.5 cm³/mol. The number of carbonyl (C=O) groups is 2. The summed E-state index contributed by atoms with van der Waals surface area (Å²) in [6.45, 7) is 6.60. The number of nitro benzene ring substituents is 1. The smallest absolute Gasteiger partial charge is 0.269 e. The van der Waals surface area contributed by atoms with E-state index < -0.39 is 22.9 Å². The minimum absolute atomic E-state index is 0.145. The summed E-state index contributed by atoms with van der Waals surface area (Å²) >= 11 is 0. The van der Waals surface area contributed by atoms with Crippen LogP contribution in [0, 0.1) is 10.1 Å². The number of carbonyl (C=O) groups excluding carboxylic acids is 2. The van der Waals surface area contributed by atoms with E-state index in [0.717, 1.165) is 12.2 Å². The summed E-state index contributed by atoms with van der Waals surface area (Å²) in [6, 6.07) is 5.58. The summed E-state index contributed by atoms with van der Waals surface area (Å²) in [5.74, 6) is -1.04. The molecule has 0 saturated carbocycles. The van der Waals surface area contributed by atoms with Crippen molar-refractivity contribution in [2.24, 2.45) is 0 Å². The summed E-state index contributed by atoms with van der Waals surface area (Å²) in [5, 5.41) is 15.6. The molecule has 1 aromatic rings. The first-order valence-electron chi connectivity index (χ1n) is 5.58. The van der Waals surface area contributed by atoms with Crippen LogP contribution in [0.3, 0.4) is 0 Å². The lowest BCUT2D eigenvalue weighted by atomic mass is 10.1. The van der Waals surface area contributed by atoms with Gasteiger partial charge in [0.25, 0.3) is 5.69 Å². The fourth-order valence-corrected chi connectivity index (χ4v) is 1.42. The first kappa shape index (κ1) is 15.1. The Morgan fingerprint density at radius 2 is 1.75 bits per heavy atom. The van der Waals surface area contributed by atoms with Crippen LogP contribution < -0.4 is 10.6 Å². The summed E-state index contributed by atoms with van der Waals surface area (Å²) in [7, 11) is 0. The highest BCUT2D eigenvalue weighted by Gasteiger charge is 2.17. The molecule has 0 radical (unpaired) electrons. The molecule has 0 heterocycles. The Labute approximate surface area is 115 Å². The lowest BCUT2D eigenvalue weighted by Crippen LogP contribution is -2.39. The van der Waals surface area contributed by atoms with E-state index in [0.29, 0.717) is 5.56 Å². The van der Waals surface area contributed by atoms with Crippen LogP contribution in [0.15, 0.2) is 49.6 Å². The van der Waals surface area contributed by atoms with Crippen LogP contribution >= 0.6 is 0 Å². The summed E-state index contributed by atoms with van der Waals surface area (Å²) in [6.07, 6.45) is 1.15. The molecule has 0 aliphatic rings. The van der Waals surface area contributed by atoms with Crippen LogP contribution in [0.5, 0.6) is 0 Å². The zero-order chi connectivity index (χ0) is 15.1. The average molecular weight is 275 g/mol. The van der Waals surface area contributed by atoms with Crippen molar-refractivity contribution in [2.45, 2.75) is 6.17 Å². The SMILES string of the molecule is C=CC(=O)NC(NC(=O)C=C)c1cccc([N+](=O)[O-])c1. The Kier molecular flexibility index (Phi) is 5.16. The second kappa shape index (κ2) is 6.83. The quantitative estimate of drug-likeness (QED) is 0.352. The van der Waals surface area contributed by atoms with Gasteiger partial charge in [-0.2, -0.15) is 0 Å². The molecule has 0 fully saturated rings. The Bertz CT molecular complexity index is 546. The molecule has 1 rings (SSSR count). The highest BCUT2D eigenvalue weighted by molar-refractivity contribution is 5.89. The normalized spacial score (nSPS) is 9.65. The number of nitro groups is 1. The maximum Gasteiger partial charge on any atom is 0.269 e. The van der Waals surface area contributed by atoms with Crippen LogP contribution in [-0.2, 0) is 9.59 Å². The molecule has 0 unspecified atom stereocenters. The zero-order valence-electron chi connectivity index (χ0n) is 10.5. The van der Waals surface area contributed by atoms with E-state index >= 15 is 0 Å². The number of non-ortho nitro benzene ring substituents is 1. The minimum atomic E-state index is -0.911. The molecule has 0 saturated heterocycles. The number of hydrogen-bond acceptors (Lipinski definition) is 4. The van der Waals surface area contributed by atoms with E-state index in [4.69, 9.17) is 0 Å². The molecule has 20 heavy (non-hydrogen) atoms.